The molecular formula is C41H37IrN4. The molecular weight excluding hydrogens is 741 g/mol. The second kappa shape index (κ2) is 13.1. The minimum atomic E-state index is 0. The van der Waals surface area contributed by atoms with Crippen molar-refractivity contribution < 1.29 is 20.1 Å². The third-order valence-corrected chi connectivity index (χ3v) is 8.66. The smallest absolute Gasteiger partial charge is 0.485 e. The summed E-state index contributed by atoms with van der Waals surface area (Å²) in [6.45, 7) is 11.3. The molecule has 0 bridgehead atoms. The zero-order chi connectivity index (χ0) is 31.1. The van der Waals surface area contributed by atoms with Gasteiger partial charge in [0.05, 0.1) is 11.4 Å². The van der Waals surface area contributed by atoms with E-state index < -0.39 is 0 Å². The first kappa shape index (κ1) is 31.5. The molecule has 8 rings (SSSR count). The molecule has 6 aromatic rings. The van der Waals surface area contributed by atoms with Gasteiger partial charge in [0.15, 0.2) is 0 Å². The maximum absolute atomic E-state index is 4.22. The third kappa shape index (κ3) is 5.82. The van der Waals surface area contributed by atoms with Crippen LogP contribution in [0, 0.1) is 18.8 Å². The minimum absolute atomic E-state index is 0. The molecule has 230 valence electrons. The van der Waals surface area contributed by atoms with E-state index in [1.165, 1.54) is 45.0 Å². The third-order valence-electron chi connectivity index (χ3n) is 8.66. The molecule has 0 spiro atoms. The Morgan fingerprint density at radius 3 is 2.11 bits per heavy atom. The maximum atomic E-state index is 4.22. The van der Waals surface area contributed by atoms with Gasteiger partial charge in [0.1, 0.15) is 0 Å². The summed E-state index contributed by atoms with van der Waals surface area (Å²) >= 11 is 0. The average Bonchev–Trinajstić information content (AvgIpc) is 3.48. The van der Waals surface area contributed by atoms with E-state index in [9.17, 15) is 0 Å². The van der Waals surface area contributed by atoms with E-state index in [1.807, 2.05) is 42.5 Å². The number of nitrogens with zero attached hydrogens (tertiary/aromatic N) is 4. The number of hydrogen-bond donors (Lipinski definition) is 0. The van der Waals surface area contributed by atoms with Crippen LogP contribution in [-0.2, 0) is 20.1 Å². The molecule has 0 unspecified atom stereocenters. The number of fused-ring (bicyclic) bond motifs is 3. The van der Waals surface area contributed by atoms with Gasteiger partial charge in [0.25, 0.3) is 0 Å². The van der Waals surface area contributed by atoms with Gasteiger partial charge in [-0.3, -0.25) is 0 Å². The predicted octanol–water partition coefficient (Wildman–Crippen LogP) is 10.9. The van der Waals surface area contributed by atoms with Crippen LogP contribution in [0.25, 0.3) is 22.0 Å². The van der Waals surface area contributed by atoms with Crippen molar-refractivity contribution in [3.63, 3.8) is 0 Å². The van der Waals surface area contributed by atoms with E-state index in [2.05, 4.69) is 140 Å². The Bertz CT molecular complexity index is 1910. The standard InChI is InChI=1S/C30H29N3.C11H8N.Ir/c1-19(2)23-13-24(20(3)4)15-25(14-23)32-18-33-29-17-22-10-7-6-9-21(22)16-28(29)31(5)26-11-8-12-27(32)30(26)33;1-2-6-10(7-3-1)11-8-4-5-9-12-11;/h6-16,18-20H,1-5H3;1-6,8-9H;/q-2;-1;+3. The second-order valence-electron chi connectivity index (χ2n) is 12.3. The van der Waals surface area contributed by atoms with Gasteiger partial charge >= 0.3 is 20.1 Å². The summed E-state index contributed by atoms with van der Waals surface area (Å²) in [7, 11) is 2.16. The second-order valence-corrected chi connectivity index (χ2v) is 12.3. The van der Waals surface area contributed by atoms with E-state index in [1.54, 1.807) is 6.20 Å². The monoisotopic (exact) mass is 778 g/mol. The molecule has 3 heterocycles. The Morgan fingerprint density at radius 2 is 1.41 bits per heavy atom. The Hall–Kier alpha value is -4.44. The normalized spacial score (nSPS) is 12.9. The number of para-hydroxylation sites is 1. The van der Waals surface area contributed by atoms with Gasteiger partial charge in [-0.2, -0.15) is 0 Å². The van der Waals surface area contributed by atoms with Crippen molar-refractivity contribution in [1.82, 2.24) is 4.98 Å². The summed E-state index contributed by atoms with van der Waals surface area (Å²) in [5, 5.41) is 2.35. The molecule has 0 radical (unpaired) electrons. The molecule has 0 aliphatic carbocycles. The summed E-state index contributed by atoms with van der Waals surface area (Å²) in [5.41, 5.74) is 11.9. The Kier molecular flexibility index (Phi) is 8.99. The number of anilines is 6. The van der Waals surface area contributed by atoms with Crippen molar-refractivity contribution in [2.75, 3.05) is 21.7 Å². The molecule has 2 aliphatic rings. The molecule has 2 aliphatic heterocycles. The first-order valence-electron chi connectivity index (χ1n) is 15.7. The van der Waals surface area contributed by atoms with Crippen molar-refractivity contribution in [3.8, 4) is 11.3 Å². The topological polar surface area (TPSA) is 22.6 Å². The molecule has 4 nitrogen and oxygen atoms in total. The molecule has 0 N–H and O–H groups in total. The quantitative estimate of drug-likeness (QED) is 0.166. The van der Waals surface area contributed by atoms with E-state index in [-0.39, 0.29) is 20.1 Å². The van der Waals surface area contributed by atoms with Crippen LogP contribution in [0.2, 0.25) is 0 Å². The molecule has 0 fully saturated rings. The molecule has 46 heavy (non-hydrogen) atoms. The van der Waals surface area contributed by atoms with Crippen molar-refractivity contribution in [1.29, 1.82) is 0 Å². The van der Waals surface area contributed by atoms with Gasteiger partial charge in [0, 0.05) is 24.6 Å². The number of rotatable bonds is 4. The Balaban J connectivity index is 0.000000241. The summed E-state index contributed by atoms with van der Waals surface area (Å²) in [6.07, 6.45) is 1.79. The van der Waals surface area contributed by atoms with E-state index in [0.717, 1.165) is 22.3 Å². The fourth-order valence-electron chi connectivity index (χ4n) is 6.09. The van der Waals surface area contributed by atoms with Crippen LogP contribution in [-0.4, -0.2) is 12.0 Å². The van der Waals surface area contributed by atoms with Gasteiger partial charge in [0.2, 0.25) is 0 Å². The Morgan fingerprint density at radius 1 is 0.696 bits per heavy atom. The van der Waals surface area contributed by atoms with E-state index in [0.29, 0.717) is 11.8 Å². The van der Waals surface area contributed by atoms with Crippen LogP contribution < -0.4 is 14.7 Å². The van der Waals surface area contributed by atoms with Crippen molar-refractivity contribution in [3.05, 3.63) is 145 Å². The summed E-state index contributed by atoms with van der Waals surface area (Å²) < 4.78 is 0. The number of aromatic nitrogens is 1. The van der Waals surface area contributed by atoms with Crippen LogP contribution in [0.4, 0.5) is 34.1 Å². The number of pyridine rings is 1. The first-order chi connectivity index (χ1) is 21.9. The van der Waals surface area contributed by atoms with Crippen LogP contribution in [0.5, 0.6) is 0 Å². The van der Waals surface area contributed by atoms with Crippen LogP contribution in [0.15, 0.2) is 115 Å². The summed E-state index contributed by atoms with van der Waals surface area (Å²) in [4.78, 5) is 11.2. The maximum Gasteiger partial charge on any atom is 3.00 e. The molecule has 5 heteroatoms. The average molecular weight is 778 g/mol. The fraction of sp³-hybridized carbons (Fsp3) is 0.171. The zero-order valence-corrected chi connectivity index (χ0v) is 29.2. The van der Waals surface area contributed by atoms with Gasteiger partial charge < -0.3 is 19.7 Å². The van der Waals surface area contributed by atoms with Crippen LogP contribution in [0.1, 0.15) is 50.7 Å². The molecule has 1 aromatic heterocycles. The number of benzene rings is 5. The van der Waals surface area contributed by atoms with Gasteiger partial charge in [-0.15, -0.1) is 77.6 Å². The SMILES string of the molecule is CC(C)c1cc(C(C)C)cc(N2[CH-]N3c4[c-]c5ccccc5cc4N(C)c4cccc2c43)c1.[Ir+3].[c-]1ccccc1-c1ccccn1. The van der Waals surface area contributed by atoms with Crippen molar-refractivity contribution >= 4 is 44.9 Å². The minimum Gasteiger partial charge on any atom is -0.485 e. The van der Waals surface area contributed by atoms with Crippen LogP contribution in [0.3, 0.4) is 0 Å². The largest absolute Gasteiger partial charge is 3.00 e. The fourth-order valence-corrected chi connectivity index (χ4v) is 6.09. The molecule has 0 amide bonds. The molecule has 5 aromatic carbocycles. The zero-order valence-electron chi connectivity index (χ0n) is 26.8. The molecule has 0 atom stereocenters. The number of hydrogen-bond acceptors (Lipinski definition) is 4. The van der Waals surface area contributed by atoms with Gasteiger partial charge in [-0.05, 0) is 70.4 Å². The van der Waals surface area contributed by atoms with E-state index >= 15 is 0 Å². The van der Waals surface area contributed by atoms with Crippen molar-refractivity contribution in [2.45, 2.75) is 39.5 Å². The predicted molar refractivity (Wildman–Crippen MR) is 189 cm³/mol. The Labute approximate surface area is 286 Å². The van der Waals surface area contributed by atoms with E-state index in [4.69, 9.17) is 0 Å². The summed E-state index contributed by atoms with van der Waals surface area (Å²) in [5.74, 6) is 0.961. The molecule has 0 saturated carbocycles. The van der Waals surface area contributed by atoms with Gasteiger partial charge in [-0.1, -0.05) is 64.1 Å². The summed E-state index contributed by atoms with van der Waals surface area (Å²) in [6, 6.07) is 45.0. The van der Waals surface area contributed by atoms with Crippen molar-refractivity contribution in [2.24, 2.45) is 0 Å². The van der Waals surface area contributed by atoms with Crippen LogP contribution >= 0.6 is 0 Å². The molecule has 0 saturated heterocycles. The van der Waals surface area contributed by atoms with Gasteiger partial charge in [-0.25, -0.2) is 0 Å². The first-order valence-corrected chi connectivity index (χ1v) is 15.7.